The van der Waals surface area contributed by atoms with Gasteiger partial charge < -0.3 is 4.90 Å². The fourth-order valence-corrected chi connectivity index (χ4v) is 2.78. The Hall–Kier alpha value is -2.11. The van der Waals surface area contributed by atoms with E-state index in [0.29, 0.717) is 12.1 Å². The van der Waals surface area contributed by atoms with Crippen LogP contribution in [-0.4, -0.2) is 35.9 Å². The van der Waals surface area contributed by atoms with E-state index < -0.39 is 11.3 Å². The fourth-order valence-electron chi connectivity index (χ4n) is 2.78. The normalized spacial score (nSPS) is 25.6. The van der Waals surface area contributed by atoms with Gasteiger partial charge in [0.1, 0.15) is 7.85 Å². The van der Waals surface area contributed by atoms with Crippen molar-refractivity contribution < 1.29 is 14.4 Å². The van der Waals surface area contributed by atoms with E-state index in [1.54, 1.807) is 6.07 Å². The molecule has 20 heavy (non-hydrogen) atoms. The number of nitrogens with zero attached hydrogens (tertiary/aromatic N) is 1. The number of carbonyl (C=O) groups is 3. The van der Waals surface area contributed by atoms with Crippen molar-refractivity contribution in [1.82, 2.24) is 10.2 Å². The summed E-state index contributed by atoms with van der Waals surface area (Å²) < 4.78 is 0. The standard InChI is InChI=1S/C14H13BN2O3/c1-8-3-2-4-9-10(8)7-17(12(9)19)14(15)6-5-11(18)16-13(14)20/h2-4H,5-7H2,1H3,(H,16,18,20). The third kappa shape index (κ3) is 1.67. The molecule has 1 N–H and O–H groups in total. The van der Waals surface area contributed by atoms with E-state index in [1.807, 2.05) is 19.1 Å². The molecule has 100 valence electrons. The van der Waals surface area contributed by atoms with Crippen molar-refractivity contribution in [3.8, 4) is 0 Å². The SMILES string of the molecule is [B]C1(N2Cc3c(C)cccc3C2=O)CCC(=O)NC1=O. The number of hydrogen-bond donors (Lipinski definition) is 1. The molecule has 1 aromatic rings. The lowest BCUT2D eigenvalue weighted by atomic mass is 9.70. The van der Waals surface area contributed by atoms with Crippen LogP contribution < -0.4 is 5.32 Å². The van der Waals surface area contributed by atoms with Gasteiger partial charge in [0.15, 0.2) is 0 Å². The minimum atomic E-state index is -1.45. The highest BCUT2D eigenvalue weighted by atomic mass is 16.2. The number of fused-ring (bicyclic) bond motifs is 1. The van der Waals surface area contributed by atoms with Gasteiger partial charge in [-0.3, -0.25) is 19.7 Å². The van der Waals surface area contributed by atoms with Crippen LogP contribution in [0.1, 0.15) is 34.3 Å². The molecule has 0 aromatic heterocycles. The highest BCUT2D eigenvalue weighted by Crippen LogP contribution is 2.33. The largest absolute Gasteiger partial charge is 0.328 e. The van der Waals surface area contributed by atoms with Crippen LogP contribution in [0.5, 0.6) is 0 Å². The molecule has 2 aliphatic heterocycles. The Morgan fingerprint density at radius 3 is 2.70 bits per heavy atom. The molecule has 0 bridgehead atoms. The molecule has 2 heterocycles. The molecular formula is C14H13BN2O3. The van der Waals surface area contributed by atoms with E-state index in [1.165, 1.54) is 4.90 Å². The zero-order valence-corrected chi connectivity index (χ0v) is 11.1. The van der Waals surface area contributed by atoms with Crippen molar-refractivity contribution >= 4 is 25.6 Å². The quantitative estimate of drug-likeness (QED) is 0.586. The molecule has 0 aliphatic carbocycles. The first kappa shape index (κ1) is 12.9. The molecule has 3 rings (SSSR count). The van der Waals surface area contributed by atoms with Crippen LogP contribution in [0.4, 0.5) is 0 Å². The maximum Gasteiger partial charge on any atom is 0.254 e. The van der Waals surface area contributed by atoms with E-state index in [9.17, 15) is 14.4 Å². The van der Waals surface area contributed by atoms with Gasteiger partial charge in [-0.1, -0.05) is 12.1 Å². The van der Waals surface area contributed by atoms with Crippen LogP contribution in [0.3, 0.4) is 0 Å². The van der Waals surface area contributed by atoms with E-state index in [2.05, 4.69) is 5.32 Å². The van der Waals surface area contributed by atoms with E-state index in [0.717, 1.165) is 11.1 Å². The number of benzene rings is 1. The van der Waals surface area contributed by atoms with Gasteiger partial charge in [0.25, 0.3) is 5.91 Å². The third-order valence-corrected chi connectivity index (χ3v) is 4.06. The zero-order valence-electron chi connectivity index (χ0n) is 11.1. The van der Waals surface area contributed by atoms with Gasteiger partial charge in [-0.2, -0.15) is 0 Å². The highest BCUT2D eigenvalue weighted by Gasteiger charge is 2.47. The van der Waals surface area contributed by atoms with Crippen LogP contribution in [0.2, 0.25) is 0 Å². The second-order valence-corrected chi connectivity index (χ2v) is 5.29. The van der Waals surface area contributed by atoms with Crippen molar-refractivity contribution in [1.29, 1.82) is 0 Å². The van der Waals surface area contributed by atoms with Gasteiger partial charge in [-0.05, 0) is 30.5 Å². The highest BCUT2D eigenvalue weighted by molar-refractivity contribution is 6.32. The summed E-state index contributed by atoms with van der Waals surface area (Å²) in [6.07, 6.45) is 0.289. The summed E-state index contributed by atoms with van der Waals surface area (Å²) >= 11 is 0. The summed E-state index contributed by atoms with van der Waals surface area (Å²) in [5.41, 5.74) is 1.02. The maximum absolute atomic E-state index is 12.5. The second-order valence-electron chi connectivity index (χ2n) is 5.29. The Bertz CT molecular complexity index is 643. The zero-order chi connectivity index (χ0) is 14.5. The smallest absolute Gasteiger partial charge is 0.254 e. The number of rotatable bonds is 1. The Morgan fingerprint density at radius 1 is 1.30 bits per heavy atom. The van der Waals surface area contributed by atoms with Crippen LogP contribution in [0.15, 0.2) is 18.2 Å². The summed E-state index contributed by atoms with van der Waals surface area (Å²) in [6.45, 7) is 2.22. The molecule has 1 fully saturated rings. The van der Waals surface area contributed by atoms with Crippen molar-refractivity contribution in [2.75, 3.05) is 0 Å². The minimum Gasteiger partial charge on any atom is -0.328 e. The molecule has 1 saturated heterocycles. The van der Waals surface area contributed by atoms with Crippen LogP contribution in [0.25, 0.3) is 0 Å². The number of amides is 3. The molecule has 1 unspecified atom stereocenters. The number of imide groups is 1. The Kier molecular flexibility index (Phi) is 2.71. The molecule has 3 amide bonds. The Labute approximate surface area is 117 Å². The van der Waals surface area contributed by atoms with Crippen molar-refractivity contribution in [2.45, 2.75) is 31.7 Å². The van der Waals surface area contributed by atoms with E-state index >= 15 is 0 Å². The van der Waals surface area contributed by atoms with Crippen LogP contribution in [-0.2, 0) is 16.1 Å². The van der Waals surface area contributed by atoms with Crippen molar-refractivity contribution in [2.24, 2.45) is 0 Å². The first-order valence-corrected chi connectivity index (χ1v) is 6.47. The van der Waals surface area contributed by atoms with Gasteiger partial charge in [-0.25, -0.2) is 0 Å². The summed E-state index contributed by atoms with van der Waals surface area (Å²) in [6, 6.07) is 5.46. The molecule has 2 radical (unpaired) electrons. The summed E-state index contributed by atoms with van der Waals surface area (Å²) in [5.74, 6) is -1.21. The van der Waals surface area contributed by atoms with Crippen LogP contribution in [0, 0.1) is 6.92 Å². The first-order chi connectivity index (χ1) is 9.43. The van der Waals surface area contributed by atoms with Crippen LogP contribution >= 0.6 is 0 Å². The molecule has 6 heteroatoms. The minimum absolute atomic E-state index is 0.140. The molecule has 5 nitrogen and oxygen atoms in total. The van der Waals surface area contributed by atoms with Crippen molar-refractivity contribution in [3.63, 3.8) is 0 Å². The molecule has 0 saturated carbocycles. The molecule has 1 aromatic carbocycles. The predicted octanol–water partition coefficient (Wildman–Crippen LogP) is 0.252. The first-order valence-electron chi connectivity index (χ1n) is 6.47. The monoisotopic (exact) mass is 268 g/mol. The maximum atomic E-state index is 12.5. The number of piperidine rings is 1. The number of nitrogens with one attached hydrogen (secondary N) is 1. The van der Waals surface area contributed by atoms with E-state index in [-0.39, 0.29) is 24.7 Å². The Balaban J connectivity index is 1.98. The van der Waals surface area contributed by atoms with Crippen molar-refractivity contribution in [3.05, 3.63) is 34.9 Å². The van der Waals surface area contributed by atoms with Gasteiger partial charge in [0.2, 0.25) is 11.8 Å². The van der Waals surface area contributed by atoms with Gasteiger partial charge in [0, 0.05) is 18.5 Å². The lowest BCUT2D eigenvalue weighted by Gasteiger charge is -2.40. The number of carbonyl (C=O) groups excluding carboxylic acids is 3. The average Bonchev–Trinajstić information content (AvgIpc) is 2.75. The predicted molar refractivity (Wildman–Crippen MR) is 71.9 cm³/mol. The second kappa shape index (κ2) is 4.20. The van der Waals surface area contributed by atoms with E-state index in [4.69, 9.17) is 7.85 Å². The van der Waals surface area contributed by atoms with Gasteiger partial charge >= 0.3 is 0 Å². The molecule has 2 aliphatic rings. The molecule has 1 atom stereocenters. The lowest BCUT2D eigenvalue weighted by Crippen LogP contribution is -2.63. The summed E-state index contributed by atoms with van der Waals surface area (Å²) in [5, 5.41) is 2.21. The summed E-state index contributed by atoms with van der Waals surface area (Å²) in [7, 11) is 6.13. The van der Waals surface area contributed by atoms with Gasteiger partial charge in [-0.15, -0.1) is 0 Å². The fraction of sp³-hybridized carbons (Fsp3) is 0.357. The topological polar surface area (TPSA) is 66.5 Å². The third-order valence-electron chi connectivity index (χ3n) is 4.06. The number of aryl methyl sites for hydroxylation is 1. The van der Waals surface area contributed by atoms with Gasteiger partial charge in [0.05, 0.1) is 5.44 Å². The summed E-state index contributed by atoms with van der Waals surface area (Å²) in [4.78, 5) is 37.1. The average molecular weight is 268 g/mol. The molecular weight excluding hydrogens is 255 g/mol. The lowest BCUT2D eigenvalue weighted by molar-refractivity contribution is -0.138. The number of hydrogen-bond acceptors (Lipinski definition) is 3. The molecule has 0 spiro atoms. The Morgan fingerprint density at radius 2 is 2.05 bits per heavy atom.